The van der Waals surface area contributed by atoms with Crippen LogP contribution in [0.2, 0.25) is 0 Å². The maximum atomic E-state index is 11.5. The number of ether oxygens (including phenoxy) is 3. The molecule has 6 nitrogen and oxygen atoms in total. The van der Waals surface area contributed by atoms with Crippen molar-refractivity contribution in [3.8, 4) is 11.5 Å². The first-order valence-corrected chi connectivity index (χ1v) is 8.09. The molecule has 0 fully saturated rings. The summed E-state index contributed by atoms with van der Waals surface area (Å²) in [6.45, 7) is 4.80. The van der Waals surface area contributed by atoms with Crippen LogP contribution in [0.4, 0.5) is 0 Å². The molecule has 1 heterocycles. The lowest BCUT2D eigenvalue weighted by molar-refractivity contribution is 0.0760. The number of benzene rings is 1. The minimum absolute atomic E-state index is 0.0408. The van der Waals surface area contributed by atoms with E-state index in [0.29, 0.717) is 18.1 Å². The lowest BCUT2D eigenvalue weighted by Gasteiger charge is -2.10. The van der Waals surface area contributed by atoms with E-state index in [0.717, 1.165) is 10.7 Å². The Hall–Kier alpha value is -2.12. The van der Waals surface area contributed by atoms with Gasteiger partial charge in [-0.05, 0) is 32.0 Å². The minimum atomic E-state index is -0.567. The third-order valence-electron chi connectivity index (χ3n) is 3.16. The normalized spacial score (nSPS) is 12.0. The molecule has 0 unspecified atom stereocenters. The monoisotopic (exact) mass is 336 g/mol. The first kappa shape index (κ1) is 17.2. The summed E-state index contributed by atoms with van der Waals surface area (Å²) in [4.78, 5) is 16.0. The highest BCUT2D eigenvalue weighted by Gasteiger charge is 2.14. The number of primary amides is 1. The molecular weight excluding hydrogens is 316 g/mol. The van der Waals surface area contributed by atoms with Gasteiger partial charge in [-0.2, -0.15) is 0 Å². The Labute approximate surface area is 139 Å². The third-order valence-corrected chi connectivity index (χ3v) is 4.22. The number of nitrogens with zero attached hydrogens (tertiary/aromatic N) is 1. The Morgan fingerprint density at radius 2 is 2.22 bits per heavy atom. The van der Waals surface area contributed by atoms with Crippen molar-refractivity contribution in [2.45, 2.75) is 26.6 Å². The molecule has 0 radical (unpaired) electrons. The lowest BCUT2D eigenvalue weighted by atomic mass is 10.2. The van der Waals surface area contributed by atoms with E-state index < -0.39 is 5.91 Å². The van der Waals surface area contributed by atoms with Crippen LogP contribution in [0.25, 0.3) is 0 Å². The SMILES string of the molecule is CCO[C@H](C)c1nc(COc2ccc(OC)cc2C(N)=O)cs1. The zero-order valence-corrected chi connectivity index (χ0v) is 14.2. The molecule has 1 amide bonds. The van der Waals surface area contributed by atoms with Crippen LogP contribution >= 0.6 is 11.3 Å². The van der Waals surface area contributed by atoms with Crippen LogP contribution in [0.15, 0.2) is 23.6 Å². The Morgan fingerprint density at radius 1 is 1.43 bits per heavy atom. The van der Waals surface area contributed by atoms with Gasteiger partial charge in [0.15, 0.2) is 0 Å². The number of rotatable bonds is 8. The van der Waals surface area contributed by atoms with Crippen molar-refractivity contribution in [3.63, 3.8) is 0 Å². The van der Waals surface area contributed by atoms with Gasteiger partial charge in [-0.25, -0.2) is 4.98 Å². The molecule has 0 saturated heterocycles. The average Bonchev–Trinajstić information content (AvgIpc) is 3.02. The number of hydrogen-bond donors (Lipinski definition) is 1. The van der Waals surface area contributed by atoms with E-state index in [1.54, 1.807) is 18.2 Å². The Kier molecular flexibility index (Phi) is 5.95. The molecule has 1 atom stereocenters. The van der Waals surface area contributed by atoms with Crippen LogP contribution in [0, 0.1) is 0 Å². The Morgan fingerprint density at radius 3 is 2.87 bits per heavy atom. The molecule has 7 heteroatoms. The van der Waals surface area contributed by atoms with Gasteiger partial charge >= 0.3 is 0 Å². The van der Waals surface area contributed by atoms with Gasteiger partial charge in [0.25, 0.3) is 5.91 Å². The van der Waals surface area contributed by atoms with Gasteiger partial charge in [-0.3, -0.25) is 4.79 Å². The first-order chi connectivity index (χ1) is 11.0. The van der Waals surface area contributed by atoms with Crippen molar-refractivity contribution in [1.29, 1.82) is 0 Å². The predicted octanol–water partition coefficient (Wildman–Crippen LogP) is 2.93. The second-order valence-corrected chi connectivity index (χ2v) is 5.68. The molecule has 2 N–H and O–H groups in total. The van der Waals surface area contributed by atoms with Crippen LogP contribution in [0.5, 0.6) is 11.5 Å². The van der Waals surface area contributed by atoms with E-state index in [2.05, 4.69) is 4.98 Å². The van der Waals surface area contributed by atoms with Crippen LogP contribution in [0.1, 0.15) is 41.0 Å². The summed E-state index contributed by atoms with van der Waals surface area (Å²) in [6, 6.07) is 4.93. The number of thiazole rings is 1. The summed E-state index contributed by atoms with van der Waals surface area (Å²) in [5, 5.41) is 2.81. The van der Waals surface area contributed by atoms with Crippen LogP contribution in [0.3, 0.4) is 0 Å². The summed E-state index contributed by atoms with van der Waals surface area (Å²) < 4.78 is 16.3. The fourth-order valence-corrected chi connectivity index (χ4v) is 2.81. The van der Waals surface area contributed by atoms with E-state index in [9.17, 15) is 4.79 Å². The zero-order chi connectivity index (χ0) is 16.8. The Balaban J connectivity index is 2.07. The summed E-state index contributed by atoms with van der Waals surface area (Å²) in [5.74, 6) is 0.390. The largest absolute Gasteiger partial charge is 0.497 e. The molecule has 0 aliphatic heterocycles. The number of aromatic nitrogens is 1. The lowest BCUT2D eigenvalue weighted by Crippen LogP contribution is -2.13. The standard InChI is InChI=1S/C16H20N2O4S/c1-4-21-10(2)16-18-11(9-23-16)8-22-14-6-5-12(20-3)7-13(14)15(17)19/h5-7,9-10H,4,8H2,1-3H3,(H2,17,19)/t10-/m1/s1. The van der Waals surface area contributed by atoms with Gasteiger partial charge in [0.2, 0.25) is 0 Å². The molecule has 0 bridgehead atoms. The molecule has 2 rings (SSSR count). The van der Waals surface area contributed by atoms with Crippen molar-refractivity contribution >= 4 is 17.2 Å². The van der Waals surface area contributed by atoms with Gasteiger partial charge in [0.05, 0.1) is 18.4 Å². The van der Waals surface area contributed by atoms with E-state index >= 15 is 0 Å². The second kappa shape index (κ2) is 7.94. The van der Waals surface area contributed by atoms with Gasteiger partial charge in [-0.1, -0.05) is 0 Å². The van der Waals surface area contributed by atoms with Crippen molar-refractivity contribution in [1.82, 2.24) is 4.98 Å². The fourth-order valence-electron chi connectivity index (χ4n) is 2.00. The maximum Gasteiger partial charge on any atom is 0.252 e. The van der Waals surface area contributed by atoms with E-state index in [1.807, 2.05) is 19.2 Å². The minimum Gasteiger partial charge on any atom is -0.497 e. The zero-order valence-electron chi connectivity index (χ0n) is 13.4. The van der Waals surface area contributed by atoms with Gasteiger partial charge in [0.1, 0.15) is 29.2 Å². The number of nitrogens with two attached hydrogens (primary N) is 1. The topological polar surface area (TPSA) is 83.7 Å². The summed E-state index contributed by atoms with van der Waals surface area (Å²) in [6.07, 6.45) is -0.0408. The highest BCUT2D eigenvalue weighted by molar-refractivity contribution is 7.09. The summed E-state index contributed by atoms with van der Waals surface area (Å²) in [7, 11) is 1.52. The van der Waals surface area contributed by atoms with Crippen LogP contribution < -0.4 is 15.2 Å². The molecule has 0 spiro atoms. The number of hydrogen-bond acceptors (Lipinski definition) is 6. The van der Waals surface area contributed by atoms with Gasteiger partial charge in [0, 0.05) is 12.0 Å². The summed E-state index contributed by atoms with van der Waals surface area (Å²) >= 11 is 1.52. The second-order valence-electron chi connectivity index (χ2n) is 4.79. The highest BCUT2D eigenvalue weighted by atomic mass is 32.1. The fraction of sp³-hybridized carbons (Fsp3) is 0.375. The van der Waals surface area contributed by atoms with Crippen molar-refractivity contribution in [3.05, 3.63) is 39.8 Å². The quantitative estimate of drug-likeness (QED) is 0.801. The molecule has 0 aliphatic carbocycles. The number of carbonyl (C=O) groups excluding carboxylic acids is 1. The smallest absolute Gasteiger partial charge is 0.252 e. The van der Waals surface area contributed by atoms with Gasteiger partial charge < -0.3 is 19.9 Å². The number of carbonyl (C=O) groups is 1. The number of amides is 1. The highest BCUT2D eigenvalue weighted by Crippen LogP contribution is 2.26. The predicted molar refractivity (Wildman–Crippen MR) is 88.0 cm³/mol. The maximum absolute atomic E-state index is 11.5. The molecular formula is C16H20N2O4S. The third kappa shape index (κ3) is 4.43. The molecule has 2 aromatic rings. The molecule has 0 saturated carbocycles. The van der Waals surface area contributed by atoms with E-state index in [1.165, 1.54) is 18.4 Å². The first-order valence-electron chi connectivity index (χ1n) is 7.21. The summed E-state index contributed by atoms with van der Waals surface area (Å²) in [5.41, 5.74) is 6.44. The molecule has 124 valence electrons. The van der Waals surface area contributed by atoms with Crippen LogP contribution in [-0.2, 0) is 11.3 Å². The molecule has 1 aromatic heterocycles. The van der Waals surface area contributed by atoms with Crippen molar-refractivity contribution in [2.24, 2.45) is 5.73 Å². The van der Waals surface area contributed by atoms with E-state index in [4.69, 9.17) is 19.9 Å². The van der Waals surface area contributed by atoms with Crippen molar-refractivity contribution in [2.75, 3.05) is 13.7 Å². The van der Waals surface area contributed by atoms with Gasteiger partial charge in [-0.15, -0.1) is 11.3 Å². The Bertz CT molecular complexity index is 672. The molecule has 0 aliphatic rings. The van der Waals surface area contributed by atoms with Crippen LogP contribution in [-0.4, -0.2) is 24.6 Å². The van der Waals surface area contributed by atoms with E-state index in [-0.39, 0.29) is 18.3 Å². The van der Waals surface area contributed by atoms with Crippen molar-refractivity contribution < 1.29 is 19.0 Å². The molecule has 23 heavy (non-hydrogen) atoms. The molecule has 1 aromatic carbocycles. The number of methoxy groups -OCH3 is 1. The average molecular weight is 336 g/mol.